The van der Waals surface area contributed by atoms with Crippen LogP contribution >= 0.6 is 11.6 Å². The van der Waals surface area contributed by atoms with Crippen molar-refractivity contribution in [3.8, 4) is 0 Å². The molecule has 0 bridgehead atoms. The Hall–Kier alpha value is -2.73. The molecule has 0 spiro atoms. The van der Waals surface area contributed by atoms with Crippen molar-refractivity contribution in [3.63, 3.8) is 0 Å². The molecule has 0 radical (unpaired) electrons. The van der Waals surface area contributed by atoms with Gasteiger partial charge in [-0.25, -0.2) is 4.39 Å². The molecule has 23 heavy (non-hydrogen) atoms. The molecule has 0 unspecified atom stereocenters. The summed E-state index contributed by atoms with van der Waals surface area (Å²) in [6.07, 6.45) is 1.66. The number of rotatable bonds is 3. The van der Waals surface area contributed by atoms with Crippen LogP contribution in [0.1, 0.15) is 5.56 Å². The van der Waals surface area contributed by atoms with Gasteiger partial charge in [-0.1, -0.05) is 22.5 Å². The van der Waals surface area contributed by atoms with Crippen LogP contribution in [0, 0.1) is 5.82 Å². The molecular weight excluding hydrogens is 319 g/mol. The lowest BCUT2D eigenvalue weighted by atomic mass is 10.1. The third-order valence-electron chi connectivity index (χ3n) is 3.47. The van der Waals surface area contributed by atoms with Crippen molar-refractivity contribution < 1.29 is 9.23 Å². The Labute approximate surface area is 135 Å². The summed E-state index contributed by atoms with van der Waals surface area (Å²) in [6, 6.07) is 11.6. The highest BCUT2D eigenvalue weighted by atomic mass is 35.5. The second kappa shape index (κ2) is 5.48. The molecule has 0 fully saturated rings. The van der Waals surface area contributed by atoms with Crippen LogP contribution in [0.2, 0.25) is 5.02 Å². The molecule has 0 N–H and O–H groups in total. The lowest BCUT2D eigenvalue weighted by Crippen LogP contribution is -2.13. The Morgan fingerprint density at radius 1 is 1.17 bits per heavy atom. The van der Waals surface area contributed by atoms with Gasteiger partial charge in [0.1, 0.15) is 23.5 Å². The first-order valence-electron chi connectivity index (χ1n) is 6.88. The fourth-order valence-electron chi connectivity index (χ4n) is 2.43. The predicted octanol–water partition coefficient (Wildman–Crippen LogP) is 3.40. The summed E-state index contributed by atoms with van der Waals surface area (Å²) in [6.45, 7) is 0.107. The molecule has 7 heteroatoms. The summed E-state index contributed by atoms with van der Waals surface area (Å²) < 4.78 is 13.7. The SMILES string of the molecule is Fc1cc(COn2nnc3ccc(Cl)cc32)c2ncccc2c1. The molecule has 0 aliphatic heterocycles. The molecule has 2 heterocycles. The first-order chi connectivity index (χ1) is 11.2. The number of nitrogens with zero attached hydrogens (tertiary/aromatic N) is 4. The van der Waals surface area contributed by atoms with E-state index in [2.05, 4.69) is 15.3 Å². The number of hydrogen-bond donors (Lipinski definition) is 0. The average molecular weight is 329 g/mol. The monoisotopic (exact) mass is 328 g/mol. The molecule has 4 rings (SSSR count). The molecule has 0 saturated heterocycles. The summed E-state index contributed by atoms with van der Waals surface area (Å²) in [4.78, 5) is 11.2. The minimum atomic E-state index is -0.337. The van der Waals surface area contributed by atoms with Crippen LogP contribution in [-0.2, 0) is 6.61 Å². The summed E-state index contributed by atoms with van der Waals surface area (Å²) in [5.41, 5.74) is 2.63. The van der Waals surface area contributed by atoms with Crippen molar-refractivity contribution in [2.45, 2.75) is 6.61 Å². The van der Waals surface area contributed by atoms with Gasteiger partial charge >= 0.3 is 0 Å². The Kier molecular flexibility index (Phi) is 3.31. The van der Waals surface area contributed by atoms with Gasteiger partial charge in [-0.05, 0) is 41.6 Å². The highest BCUT2D eigenvalue weighted by Gasteiger charge is 2.09. The van der Waals surface area contributed by atoms with Crippen molar-refractivity contribution in [1.29, 1.82) is 0 Å². The fourth-order valence-corrected chi connectivity index (χ4v) is 2.60. The van der Waals surface area contributed by atoms with Gasteiger partial charge in [0.25, 0.3) is 0 Å². The van der Waals surface area contributed by atoms with Crippen molar-refractivity contribution in [2.75, 3.05) is 0 Å². The second-order valence-electron chi connectivity index (χ2n) is 5.01. The van der Waals surface area contributed by atoms with Crippen LogP contribution in [0.4, 0.5) is 4.39 Å². The summed E-state index contributed by atoms with van der Waals surface area (Å²) >= 11 is 5.98. The standard InChI is InChI=1S/C16H10ClFN4O/c17-12-3-4-14-15(8-12)22(21-20-14)23-9-11-7-13(18)6-10-2-1-5-19-16(10)11/h1-8H,9H2. The summed E-state index contributed by atoms with van der Waals surface area (Å²) in [7, 11) is 0. The minimum absolute atomic E-state index is 0.107. The zero-order chi connectivity index (χ0) is 15.8. The van der Waals surface area contributed by atoms with Crippen LogP contribution in [0.3, 0.4) is 0 Å². The molecule has 0 saturated carbocycles. The molecule has 2 aromatic carbocycles. The number of halogens is 2. The second-order valence-corrected chi connectivity index (χ2v) is 5.45. The summed E-state index contributed by atoms with van der Waals surface area (Å²) in [5, 5.41) is 9.20. The van der Waals surface area contributed by atoms with Crippen LogP contribution in [0.15, 0.2) is 48.7 Å². The number of fused-ring (bicyclic) bond motifs is 2. The van der Waals surface area contributed by atoms with E-state index in [1.54, 1.807) is 36.5 Å². The van der Waals surface area contributed by atoms with E-state index in [9.17, 15) is 4.39 Å². The van der Waals surface area contributed by atoms with E-state index in [4.69, 9.17) is 16.4 Å². The van der Waals surface area contributed by atoms with E-state index in [0.29, 0.717) is 27.1 Å². The highest BCUT2D eigenvalue weighted by Crippen LogP contribution is 2.20. The van der Waals surface area contributed by atoms with Gasteiger partial charge < -0.3 is 4.84 Å². The van der Waals surface area contributed by atoms with Gasteiger partial charge in [-0.2, -0.15) is 0 Å². The van der Waals surface area contributed by atoms with Gasteiger partial charge in [0.15, 0.2) is 0 Å². The molecule has 0 aliphatic carbocycles. The van der Waals surface area contributed by atoms with Gasteiger partial charge in [0, 0.05) is 22.2 Å². The van der Waals surface area contributed by atoms with Crippen molar-refractivity contribution in [1.82, 2.24) is 20.1 Å². The van der Waals surface area contributed by atoms with Crippen molar-refractivity contribution in [2.24, 2.45) is 0 Å². The number of pyridine rings is 1. The van der Waals surface area contributed by atoms with Gasteiger partial charge in [-0.3, -0.25) is 4.98 Å². The average Bonchev–Trinajstić information content (AvgIpc) is 2.94. The summed E-state index contributed by atoms with van der Waals surface area (Å²) in [5.74, 6) is -0.337. The normalized spacial score (nSPS) is 11.2. The van der Waals surface area contributed by atoms with Crippen molar-refractivity contribution >= 4 is 33.5 Å². The molecular formula is C16H10ClFN4O. The maximum Gasteiger partial charge on any atom is 0.144 e. The van der Waals surface area contributed by atoms with E-state index in [0.717, 1.165) is 5.39 Å². The van der Waals surface area contributed by atoms with Crippen LogP contribution in [0.25, 0.3) is 21.9 Å². The molecule has 2 aromatic heterocycles. The molecule has 0 atom stereocenters. The molecule has 114 valence electrons. The zero-order valence-corrected chi connectivity index (χ0v) is 12.5. The smallest absolute Gasteiger partial charge is 0.144 e. The fraction of sp³-hybridized carbons (Fsp3) is 0.0625. The quantitative estimate of drug-likeness (QED) is 0.578. The maximum absolute atomic E-state index is 13.7. The van der Waals surface area contributed by atoms with Crippen LogP contribution in [0.5, 0.6) is 0 Å². The van der Waals surface area contributed by atoms with E-state index in [1.807, 2.05) is 0 Å². The van der Waals surface area contributed by atoms with Gasteiger partial charge in [-0.15, -0.1) is 5.10 Å². The largest absolute Gasteiger partial charge is 0.390 e. The van der Waals surface area contributed by atoms with E-state index >= 15 is 0 Å². The van der Waals surface area contributed by atoms with Gasteiger partial charge in [0.2, 0.25) is 0 Å². The van der Waals surface area contributed by atoms with Crippen LogP contribution in [-0.4, -0.2) is 20.1 Å². The Balaban J connectivity index is 1.70. The predicted molar refractivity (Wildman–Crippen MR) is 84.5 cm³/mol. The van der Waals surface area contributed by atoms with E-state index in [-0.39, 0.29) is 12.4 Å². The van der Waals surface area contributed by atoms with E-state index < -0.39 is 0 Å². The lowest BCUT2D eigenvalue weighted by Gasteiger charge is -2.08. The first-order valence-corrected chi connectivity index (χ1v) is 7.26. The maximum atomic E-state index is 13.7. The zero-order valence-electron chi connectivity index (χ0n) is 11.8. The molecule has 5 nitrogen and oxygen atoms in total. The Morgan fingerprint density at radius 2 is 2.09 bits per heavy atom. The van der Waals surface area contributed by atoms with Gasteiger partial charge in [0.05, 0.1) is 5.52 Å². The molecule has 0 amide bonds. The third kappa shape index (κ3) is 2.57. The Morgan fingerprint density at radius 3 is 3.00 bits per heavy atom. The molecule has 0 aliphatic rings. The number of benzene rings is 2. The number of hydrogen-bond acceptors (Lipinski definition) is 4. The molecule has 4 aromatic rings. The number of aromatic nitrogens is 4. The third-order valence-corrected chi connectivity index (χ3v) is 3.70. The highest BCUT2D eigenvalue weighted by molar-refractivity contribution is 6.31. The minimum Gasteiger partial charge on any atom is -0.390 e. The van der Waals surface area contributed by atoms with Crippen molar-refractivity contribution in [3.05, 3.63) is 65.1 Å². The van der Waals surface area contributed by atoms with Crippen LogP contribution < -0.4 is 4.84 Å². The van der Waals surface area contributed by atoms with E-state index in [1.165, 1.54) is 17.0 Å². The Bertz CT molecular complexity index is 1020. The topological polar surface area (TPSA) is 52.8 Å². The first kappa shape index (κ1) is 13.9. The lowest BCUT2D eigenvalue weighted by molar-refractivity contribution is 0.0756.